The zero-order valence-corrected chi connectivity index (χ0v) is 21.4. The highest BCUT2D eigenvalue weighted by molar-refractivity contribution is 7.80. The van der Waals surface area contributed by atoms with Crippen LogP contribution < -0.4 is 15.0 Å². The van der Waals surface area contributed by atoms with Crippen molar-refractivity contribution in [2.45, 2.75) is 32.0 Å². The van der Waals surface area contributed by atoms with Crippen LogP contribution in [0.2, 0.25) is 10.0 Å². The molecule has 5 nitrogen and oxygen atoms in total. The first kappa shape index (κ1) is 23.7. The highest BCUT2D eigenvalue weighted by Crippen LogP contribution is 2.43. The normalized spacial score (nSPS) is 17.6. The van der Waals surface area contributed by atoms with Crippen molar-refractivity contribution in [2.75, 3.05) is 4.90 Å². The molecule has 0 radical (unpaired) electrons. The molecule has 8 heteroatoms. The van der Waals surface area contributed by atoms with Crippen molar-refractivity contribution < 1.29 is 9.15 Å². The molecule has 0 spiro atoms. The molecular formula is C27H23Cl2N3O2S. The van der Waals surface area contributed by atoms with Crippen molar-refractivity contribution in [3.05, 3.63) is 100 Å². The van der Waals surface area contributed by atoms with E-state index in [0.29, 0.717) is 20.9 Å². The van der Waals surface area contributed by atoms with Crippen molar-refractivity contribution in [1.29, 1.82) is 0 Å². The molecule has 2 atom stereocenters. The van der Waals surface area contributed by atoms with Crippen molar-refractivity contribution in [3.8, 4) is 17.1 Å². The van der Waals surface area contributed by atoms with Gasteiger partial charge in [0, 0.05) is 22.5 Å². The third-order valence-electron chi connectivity index (χ3n) is 5.70. The SMILES string of the molecule is CC(C)Oc1ccc(N2C(=S)N[C@@H](c3ccccn3)[C@H]2c2ccc(-c3ccc(Cl)cc3Cl)o2)cc1. The average molecular weight is 524 g/mol. The van der Waals surface area contributed by atoms with Crippen LogP contribution in [0.5, 0.6) is 5.75 Å². The molecule has 1 N–H and O–H groups in total. The zero-order valence-electron chi connectivity index (χ0n) is 19.1. The standard InChI is InChI=1S/C27H23Cl2N3O2S/c1-16(2)33-19-9-7-18(8-10-19)32-26(25(31-27(32)35)22-5-3-4-14-30-22)24-13-12-23(34-24)20-11-6-17(28)15-21(20)29/h3-16,25-26H,1-2H3,(H,31,35)/t25-,26+/m0/s1. The average Bonchev–Trinajstić information content (AvgIpc) is 3.44. The maximum absolute atomic E-state index is 6.45. The summed E-state index contributed by atoms with van der Waals surface area (Å²) in [5.74, 6) is 2.19. The quantitative estimate of drug-likeness (QED) is 0.262. The number of thiocarbonyl (C=S) groups is 1. The number of rotatable bonds is 6. The van der Waals surface area contributed by atoms with Gasteiger partial charge in [0.1, 0.15) is 23.3 Å². The molecule has 0 saturated carbocycles. The predicted octanol–water partition coefficient (Wildman–Crippen LogP) is 7.61. The van der Waals surface area contributed by atoms with Crippen molar-refractivity contribution >= 4 is 46.2 Å². The van der Waals surface area contributed by atoms with Crippen LogP contribution in [-0.4, -0.2) is 16.2 Å². The van der Waals surface area contributed by atoms with E-state index in [4.69, 9.17) is 44.6 Å². The second kappa shape index (κ2) is 9.90. The molecule has 1 saturated heterocycles. The fourth-order valence-corrected chi connectivity index (χ4v) is 5.07. The smallest absolute Gasteiger partial charge is 0.174 e. The summed E-state index contributed by atoms with van der Waals surface area (Å²) in [4.78, 5) is 6.64. The summed E-state index contributed by atoms with van der Waals surface area (Å²) in [7, 11) is 0. The van der Waals surface area contributed by atoms with Crippen molar-refractivity contribution in [1.82, 2.24) is 10.3 Å². The number of anilines is 1. The molecule has 0 bridgehead atoms. The van der Waals surface area contributed by atoms with E-state index >= 15 is 0 Å². The van der Waals surface area contributed by atoms with E-state index in [1.54, 1.807) is 18.3 Å². The van der Waals surface area contributed by atoms with Gasteiger partial charge in [0.05, 0.1) is 22.9 Å². The molecule has 4 aromatic rings. The minimum atomic E-state index is -0.269. The summed E-state index contributed by atoms with van der Waals surface area (Å²) in [6.45, 7) is 4.00. The minimum absolute atomic E-state index is 0.0953. The van der Waals surface area contributed by atoms with Crippen LogP contribution in [-0.2, 0) is 0 Å². The van der Waals surface area contributed by atoms with Crippen molar-refractivity contribution in [2.24, 2.45) is 0 Å². The van der Waals surface area contributed by atoms with Gasteiger partial charge in [0.25, 0.3) is 0 Å². The Morgan fingerprint density at radius 1 is 1.03 bits per heavy atom. The number of benzene rings is 2. The van der Waals surface area contributed by atoms with E-state index in [9.17, 15) is 0 Å². The van der Waals surface area contributed by atoms with E-state index in [2.05, 4.69) is 15.2 Å². The Balaban J connectivity index is 1.56. The van der Waals surface area contributed by atoms with Crippen LogP contribution >= 0.6 is 35.4 Å². The molecule has 2 aromatic carbocycles. The maximum atomic E-state index is 6.45. The second-order valence-corrected chi connectivity index (χ2v) is 9.71. The van der Waals surface area contributed by atoms with Gasteiger partial charge in [-0.1, -0.05) is 29.3 Å². The van der Waals surface area contributed by atoms with E-state index in [0.717, 1.165) is 28.5 Å². The van der Waals surface area contributed by atoms with Gasteiger partial charge in [-0.25, -0.2) is 0 Å². The van der Waals surface area contributed by atoms with Crippen LogP contribution in [0, 0.1) is 0 Å². The molecule has 178 valence electrons. The van der Waals surface area contributed by atoms with Gasteiger partial charge in [-0.05, 0) is 92.8 Å². The molecule has 1 aliphatic rings. The van der Waals surface area contributed by atoms with Crippen LogP contribution in [0.25, 0.3) is 11.3 Å². The molecule has 1 fully saturated rings. The topological polar surface area (TPSA) is 50.5 Å². The van der Waals surface area contributed by atoms with E-state index < -0.39 is 0 Å². The van der Waals surface area contributed by atoms with Gasteiger partial charge in [0.2, 0.25) is 0 Å². The lowest BCUT2D eigenvalue weighted by atomic mass is 10.0. The van der Waals surface area contributed by atoms with Gasteiger partial charge >= 0.3 is 0 Å². The number of hydrogen-bond donors (Lipinski definition) is 1. The minimum Gasteiger partial charge on any atom is -0.491 e. The Morgan fingerprint density at radius 2 is 1.83 bits per heavy atom. The number of ether oxygens (including phenoxy) is 1. The van der Waals surface area contributed by atoms with Gasteiger partial charge in [-0.15, -0.1) is 0 Å². The lowest BCUT2D eigenvalue weighted by Gasteiger charge is -2.26. The fraction of sp³-hybridized carbons (Fsp3) is 0.185. The highest BCUT2D eigenvalue weighted by Gasteiger charge is 2.42. The number of nitrogens with zero attached hydrogens (tertiary/aromatic N) is 2. The van der Waals surface area contributed by atoms with Gasteiger partial charge in [-0.2, -0.15) is 0 Å². The molecule has 0 amide bonds. The van der Waals surface area contributed by atoms with Gasteiger partial charge < -0.3 is 19.4 Å². The third kappa shape index (κ3) is 4.87. The first-order valence-electron chi connectivity index (χ1n) is 11.2. The van der Waals surface area contributed by atoms with E-state index in [1.165, 1.54) is 0 Å². The predicted molar refractivity (Wildman–Crippen MR) is 144 cm³/mol. The van der Waals surface area contributed by atoms with Crippen LogP contribution in [0.1, 0.15) is 37.4 Å². The Bertz CT molecular complexity index is 1340. The molecule has 3 heterocycles. The first-order valence-corrected chi connectivity index (χ1v) is 12.4. The number of hydrogen-bond acceptors (Lipinski definition) is 4. The molecular weight excluding hydrogens is 501 g/mol. The van der Waals surface area contributed by atoms with Crippen LogP contribution in [0.15, 0.2) is 83.4 Å². The molecule has 1 aliphatic heterocycles. The summed E-state index contributed by atoms with van der Waals surface area (Å²) in [5, 5.41) is 5.13. The number of furan rings is 1. The number of nitrogens with one attached hydrogen (secondary N) is 1. The lowest BCUT2D eigenvalue weighted by Crippen LogP contribution is -2.29. The van der Waals surface area contributed by atoms with E-state index in [1.807, 2.05) is 74.5 Å². The Kier molecular flexibility index (Phi) is 6.69. The maximum Gasteiger partial charge on any atom is 0.174 e. The van der Waals surface area contributed by atoms with Gasteiger partial charge in [0.15, 0.2) is 5.11 Å². The lowest BCUT2D eigenvalue weighted by molar-refractivity contribution is 0.242. The number of aromatic nitrogens is 1. The Labute approximate surface area is 219 Å². The Hall–Kier alpha value is -3.06. The highest BCUT2D eigenvalue weighted by atomic mass is 35.5. The second-order valence-electron chi connectivity index (χ2n) is 8.48. The summed E-state index contributed by atoms with van der Waals surface area (Å²) in [6.07, 6.45) is 1.87. The van der Waals surface area contributed by atoms with E-state index in [-0.39, 0.29) is 18.2 Å². The summed E-state index contributed by atoms with van der Waals surface area (Å²) >= 11 is 18.3. The molecule has 5 rings (SSSR count). The van der Waals surface area contributed by atoms with Crippen LogP contribution in [0.4, 0.5) is 5.69 Å². The largest absolute Gasteiger partial charge is 0.491 e. The van der Waals surface area contributed by atoms with Crippen LogP contribution in [0.3, 0.4) is 0 Å². The first-order chi connectivity index (χ1) is 16.9. The molecule has 0 aliphatic carbocycles. The third-order valence-corrected chi connectivity index (χ3v) is 6.56. The Morgan fingerprint density at radius 3 is 2.51 bits per heavy atom. The molecule has 35 heavy (non-hydrogen) atoms. The monoisotopic (exact) mass is 523 g/mol. The summed E-state index contributed by atoms with van der Waals surface area (Å²) < 4.78 is 12.2. The summed E-state index contributed by atoms with van der Waals surface area (Å²) in [6, 6.07) is 22.5. The zero-order chi connectivity index (χ0) is 24.5. The molecule has 0 unspecified atom stereocenters. The fourth-order valence-electron chi connectivity index (χ4n) is 4.23. The number of pyridine rings is 1. The number of halogens is 2. The molecule has 2 aromatic heterocycles. The summed E-state index contributed by atoms with van der Waals surface area (Å²) in [5.41, 5.74) is 2.56. The van der Waals surface area contributed by atoms with Gasteiger partial charge in [-0.3, -0.25) is 4.98 Å². The van der Waals surface area contributed by atoms with Crippen molar-refractivity contribution in [3.63, 3.8) is 0 Å².